The molecule has 0 aliphatic heterocycles. The highest BCUT2D eigenvalue weighted by molar-refractivity contribution is 5.27. The molecule has 15 heavy (non-hydrogen) atoms. The third-order valence-corrected chi connectivity index (χ3v) is 1.48. The van der Waals surface area contributed by atoms with Gasteiger partial charge in [-0.25, -0.2) is 13.8 Å². The molecule has 0 fully saturated rings. The van der Waals surface area contributed by atoms with E-state index < -0.39 is 17.7 Å². The van der Waals surface area contributed by atoms with Gasteiger partial charge in [0.1, 0.15) is 12.4 Å². The lowest BCUT2D eigenvalue weighted by Gasteiger charge is -1.97. The Bertz CT molecular complexity index is 383. The summed E-state index contributed by atoms with van der Waals surface area (Å²) in [4.78, 5) is 13.2. The Kier molecular flexibility index (Phi) is 3.90. The first-order valence-corrected chi connectivity index (χ1v) is 4.14. The van der Waals surface area contributed by atoms with Crippen molar-refractivity contribution in [2.24, 2.45) is 15.4 Å². The van der Waals surface area contributed by atoms with E-state index >= 15 is 0 Å². The predicted molar refractivity (Wildman–Crippen MR) is 48.8 cm³/mol. The molecule has 1 rings (SSSR count). The van der Waals surface area contributed by atoms with Gasteiger partial charge in [-0.2, -0.15) is 10.0 Å². The third-order valence-electron chi connectivity index (χ3n) is 1.48. The van der Waals surface area contributed by atoms with E-state index in [2.05, 4.69) is 20.4 Å². The second-order valence-corrected chi connectivity index (χ2v) is 2.84. The largest absolute Gasteiger partial charge is 0.230 e. The summed E-state index contributed by atoms with van der Waals surface area (Å²) in [6.07, 6.45) is 0.833. The molecule has 0 bridgehead atoms. The number of pyridine rings is 1. The van der Waals surface area contributed by atoms with Crippen LogP contribution in [0.5, 0.6) is 0 Å². The van der Waals surface area contributed by atoms with Crippen molar-refractivity contribution in [3.8, 4) is 0 Å². The van der Waals surface area contributed by atoms with Crippen LogP contribution in [-0.2, 0) is 0 Å². The summed E-state index contributed by atoms with van der Waals surface area (Å²) in [5.41, 5.74) is 0. The van der Waals surface area contributed by atoms with Crippen LogP contribution in [0.2, 0.25) is 0 Å². The molecule has 0 saturated heterocycles. The van der Waals surface area contributed by atoms with Crippen LogP contribution in [-0.4, -0.2) is 17.6 Å². The molecule has 0 aliphatic carbocycles. The SMILES string of the molecule is CC(CN=O)N=Nc1ncc(F)cc1F. The van der Waals surface area contributed by atoms with Crippen LogP contribution in [0.25, 0.3) is 0 Å². The van der Waals surface area contributed by atoms with E-state index in [-0.39, 0.29) is 12.4 Å². The minimum Gasteiger partial charge on any atom is -0.230 e. The van der Waals surface area contributed by atoms with Gasteiger partial charge in [0.15, 0.2) is 5.82 Å². The molecular weight excluding hydrogens is 206 g/mol. The quantitative estimate of drug-likeness (QED) is 0.571. The summed E-state index contributed by atoms with van der Waals surface area (Å²) in [7, 11) is 0. The molecular formula is C8H8F2N4O. The second-order valence-electron chi connectivity index (χ2n) is 2.84. The summed E-state index contributed by atoms with van der Waals surface area (Å²) < 4.78 is 25.4. The molecule has 1 unspecified atom stereocenters. The van der Waals surface area contributed by atoms with E-state index in [1.54, 1.807) is 6.92 Å². The Morgan fingerprint density at radius 3 is 2.87 bits per heavy atom. The van der Waals surface area contributed by atoms with Gasteiger partial charge in [-0.3, -0.25) is 0 Å². The van der Waals surface area contributed by atoms with Crippen molar-refractivity contribution >= 4 is 5.82 Å². The monoisotopic (exact) mass is 214 g/mol. The molecule has 5 nitrogen and oxygen atoms in total. The van der Waals surface area contributed by atoms with E-state index in [9.17, 15) is 13.7 Å². The average Bonchev–Trinajstić information content (AvgIpc) is 2.17. The maximum Gasteiger partial charge on any atom is 0.210 e. The zero-order valence-electron chi connectivity index (χ0n) is 7.89. The maximum absolute atomic E-state index is 12.9. The van der Waals surface area contributed by atoms with Crippen LogP contribution in [0.15, 0.2) is 27.7 Å². The van der Waals surface area contributed by atoms with E-state index in [1.165, 1.54) is 0 Å². The van der Waals surface area contributed by atoms with Crippen LogP contribution < -0.4 is 0 Å². The van der Waals surface area contributed by atoms with Crippen LogP contribution in [0.3, 0.4) is 0 Å². The third kappa shape index (κ3) is 3.45. The zero-order chi connectivity index (χ0) is 11.3. The lowest BCUT2D eigenvalue weighted by molar-refractivity contribution is 0.572. The molecule has 0 aromatic carbocycles. The highest BCUT2D eigenvalue weighted by Gasteiger charge is 2.05. The first-order chi connectivity index (χ1) is 7.13. The van der Waals surface area contributed by atoms with Crippen molar-refractivity contribution in [2.75, 3.05) is 6.54 Å². The second kappa shape index (κ2) is 5.18. The summed E-state index contributed by atoms with van der Waals surface area (Å²) in [5, 5.41) is 9.63. The Labute approximate surface area is 84.2 Å². The van der Waals surface area contributed by atoms with E-state index in [4.69, 9.17) is 0 Å². The van der Waals surface area contributed by atoms with Crippen LogP contribution >= 0.6 is 0 Å². The standard InChI is InChI=1S/C8H8F2N4O/c1-5(3-12-15)13-14-8-7(10)2-6(9)4-11-8/h2,4-5H,3H2,1H3. The summed E-state index contributed by atoms with van der Waals surface area (Å²) in [6, 6.07) is 0.207. The van der Waals surface area contributed by atoms with Gasteiger partial charge in [-0.15, -0.1) is 5.11 Å². The van der Waals surface area contributed by atoms with Gasteiger partial charge in [0.25, 0.3) is 0 Å². The van der Waals surface area contributed by atoms with Crippen molar-refractivity contribution < 1.29 is 8.78 Å². The molecule has 0 amide bonds. The zero-order valence-corrected chi connectivity index (χ0v) is 7.89. The number of nitroso groups, excluding NO2 is 1. The van der Waals surface area contributed by atoms with Gasteiger partial charge in [0.05, 0.1) is 12.2 Å². The van der Waals surface area contributed by atoms with Gasteiger partial charge in [-0.05, 0) is 6.92 Å². The number of nitrogens with zero attached hydrogens (tertiary/aromatic N) is 4. The first-order valence-electron chi connectivity index (χ1n) is 4.14. The van der Waals surface area contributed by atoms with Gasteiger partial charge in [0, 0.05) is 6.07 Å². The lowest BCUT2D eigenvalue weighted by atomic mass is 10.4. The topological polar surface area (TPSA) is 67.0 Å². The molecule has 1 aromatic heterocycles. The van der Waals surface area contributed by atoms with Gasteiger partial charge in [-0.1, -0.05) is 5.18 Å². The molecule has 0 N–H and O–H groups in total. The molecule has 0 radical (unpaired) electrons. The molecule has 0 saturated carbocycles. The molecule has 7 heteroatoms. The number of azo groups is 1. The van der Waals surface area contributed by atoms with Crippen molar-refractivity contribution in [2.45, 2.75) is 13.0 Å². The highest BCUT2D eigenvalue weighted by atomic mass is 19.1. The fraction of sp³-hybridized carbons (Fsp3) is 0.375. The smallest absolute Gasteiger partial charge is 0.210 e. The van der Waals surface area contributed by atoms with Crippen molar-refractivity contribution in [3.63, 3.8) is 0 Å². The summed E-state index contributed by atoms with van der Waals surface area (Å²) in [6.45, 7) is 1.54. The Morgan fingerprint density at radius 1 is 1.53 bits per heavy atom. The Balaban J connectivity index is 2.76. The first kappa shape index (κ1) is 11.3. The maximum atomic E-state index is 12.9. The Hall–Kier alpha value is -1.79. The van der Waals surface area contributed by atoms with Gasteiger partial charge >= 0.3 is 0 Å². The van der Waals surface area contributed by atoms with E-state index in [0.717, 1.165) is 6.20 Å². The molecule has 80 valence electrons. The fourth-order valence-electron chi connectivity index (χ4n) is 0.779. The normalized spacial score (nSPS) is 13.0. The predicted octanol–water partition coefficient (Wildman–Crippen LogP) is 2.60. The van der Waals surface area contributed by atoms with E-state index in [1.807, 2.05) is 0 Å². The number of hydrogen-bond donors (Lipinski definition) is 0. The molecule has 0 aliphatic rings. The number of aromatic nitrogens is 1. The molecule has 1 heterocycles. The number of halogens is 2. The minimum atomic E-state index is -0.898. The highest BCUT2D eigenvalue weighted by Crippen LogP contribution is 2.15. The lowest BCUT2D eigenvalue weighted by Crippen LogP contribution is -2.00. The van der Waals surface area contributed by atoms with Crippen LogP contribution in [0, 0.1) is 16.5 Å². The van der Waals surface area contributed by atoms with Crippen molar-refractivity contribution in [1.29, 1.82) is 0 Å². The Morgan fingerprint density at radius 2 is 2.27 bits per heavy atom. The summed E-state index contributed by atoms with van der Waals surface area (Å²) in [5.74, 6) is -1.99. The number of rotatable bonds is 4. The van der Waals surface area contributed by atoms with E-state index in [0.29, 0.717) is 6.07 Å². The average molecular weight is 214 g/mol. The molecule has 1 aromatic rings. The van der Waals surface area contributed by atoms with Gasteiger partial charge < -0.3 is 0 Å². The van der Waals surface area contributed by atoms with Crippen molar-refractivity contribution in [3.05, 3.63) is 28.8 Å². The van der Waals surface area contributed by atoms with Crippen LogP contribution in [0.1, 0.15) is 6.92 Å². The van der Waals surface area contributed by atoms with Crippen molar-refractivity contribution in [1.82, 2.24) is 4.98 Å². The fourth-order valence-corrected chi connectivity index (χ4v) is 0.779. The van der Waals surface area contributed by atoms with Gasteiger partial charge in [0.2, 0.25) is 5.82 Å². The number of hydrogen-bond acceptors (Lipinski definition) is 5. The van der Waals surface area contributed by atoms with Crippen LogP contribution in [0.4, 0.5) is 14.6 Å². The molecule has 0 spiro atoms. The minimum absolute atomic E-state index is 0.0493. The molecule has 1 atom stereocenters. The summed E-state index contributed by atoms with van der Waals surface area (Å²) >= 11 is 0.